The molecule has 6 nitrogen and oxygen atoms in total. The van der Waals surface area contributed by atoms with E-state index in [9.17, 15) is 20.0 Å². The number of benzene rings is 1. The summed E-state index contributed by atoms with van der Waals surface area (Å²) in [4.78, 5) is 23.8. The molecular weight excluding hydrogens is 364 g/mol. The normalized spacial score (nSPS) is 17.4. The Morgan fingerprint density at radius 1 is 1.32 bits per heavy atom. The maximum Gasteiger partial charge on any atom is 0.334 e. The smallest absolute Gasteiger partial charge is 0.334 e. The lowest BCUT2D eigenvalue weighted by Gasteiger charge is -2.26. The molecule has 0 fully saturated rings. The SMILES string of the molecule is CC1=C(C(=O)O)C(c2ccc(Cl)cc2)C([N+](=O)[O-])=C(c2cccs2)N1. The molecule has 1 aromatic heterocycles. The average Bonchev–Trinajstić information content (AvgIpc) is 3.08. The quantitative estimate of drug-likeness (QED) is 0.619. The first-order valence-electron chi connectivity index (χ1n) is 7.29. The van der Waals surface area contributed by atoms with Gasteiger partial charge in [0, 0.05) is 10.7 Å². The molecule has 0 saturated carbocycles. The van der Waals surface area contributed by atoms with Crippen LogP contribution in [0.3, 0.4) is 0 Å². The second-order valence-corrected chi connectivity index (χ2v) is 6.83. The molecule has 0 saturated heterocycles. The molecule has 2 N–H and O–H groups in total. The zero-order valence-electron chi connectivity index (χ0n) is 13.0. The van der Waals surface area contributed by atoms with E-state index in [0.717, 1.165) is 0 Å². The van der Waals surface area contributed by atoms with Crippen molar-refractivity contribution in [1.82, 2.24) is 5.32 Å². The zero-order valence-corrected chi connectivity index (χ0v) is 14.6. The number of rotatable bonds is 4. The van der Waals surface area contributed by atoms with Gasteiger partial charge in [-0.25, -0.2) is 4.79 Å². The first kappa shape index (κ1) is 17.2. The molecule has 1 aliphatic heterocycles. The number of aliphatic carboxylic acids is 1. The minimum Gasteiger partial charge on any atom is -0.478 e. The number of halogens is 1. The van der Waals surface area contributed by atoms with Gasteiger partial charge in [0.2, 0.25) is 0 Å². The van der Waals surface area contributed by atoms with Crippen LogP contribution in [0.15, 0.2) is 58.7 Å². The molecule has 1 unspecified atom stereocenters. The fraction of sp³-hybridized carbons (Fsp3) is 0.118. The summed E-state index contributed by atoms with van der Waals surface area (Å²) in [5.74, 6) is -2.20. The number of carbonyl (C=O) groups is 1. The molecular formula is C17H13ClN2O4S. The van der Waals surface area contributed by atoms with Crippen molar-refractivity contribution in [2.75, 3.05) is 0 Å². The fourth-order valence-corrected chi connectivity index (χ4v) is 3.75. The van der Waals surface area contributed by atoms with E-state index in [0.29, 0.717) is 26.9 Å². The third-order valence-corrected chi connectivity index (χ3v) is 5.07. The zero-order chi connectivity index (χ0) is 18.1. The van der Waals surface area contributed by atoms with Gasteiger partial charge < -0.3 is 10.4 Å². The summed E-state index contributed by atoms with van der Waals surface area (Å²) in [5.41, 5.74) is 0.967. The van der Waals surface area contributed by atoms with E-state index in [1.807, 2.05) is 5.38 Å². The molecule has 0 bridgehead atoms. The van der Waals surface area contributed by atoms with Crippen molar-refractivity contribution in [2.24, 2.45) is 0 Å². The van der Waals surface area contributed by atoms with Crippen LogP contribution in [0.4, 0.5) is 0 Å². The van der Waals surface area contributed by atoms with Gasteiger partial charge in [0.1, 0.15) is 11.6 Å². The number of carboxylic acids is 1. The van der Waals surface area contributed by atoms with Crippen LogP contribution in [0.2, 0.25) is 5.02 Å². The molecule has 1 aliphatic rings. The predicted molar refractivity (Wildman–Crippen MR) is 95.9 cm³/mol. The van der Waals surface area contributed by atoms with Crippen LogP contribution in [0.5, 0.6) is 0 Å². The maximum atomic E-state index is 11.9. The Bertz CT molecular complexity index is 901. The summed E-state index contributed by atoms with van der Waals surface area (Å²) < 4.78 is 0. The van der Waals surface area contributed by atoms with Crippen molar-refractivity contribution < 1.29 is 14.8 Å². The van der Waals surface area contributed by atoms with Crippen molar-refractivity contribution in [3.05, 3.63) is 84.3 Å². The van der Waals surface area contributed by atoms with Gasteiger partial charge in [0.05, 0.1) is 15.4 Å². The van der Waals surface area contributed by atoms with Crippen molar-refractivity contribution in [3.63, 3.8) is 0 Å². The Kier molecular flexibility index (Phi) is 4.61. The molecule has 0 radical (unpaired) electrons. The van der Waals surface area contributed by atoms with Crippen LogP contribution in [0.25, 0.3) is 5.70 Å². The lowest BCUT2D eigenvalue weighted by atomic mass is 9.84. The third-order valence-electron chi connectivity index (χ3n) is 3.93. The van der Waals surface area contributed by atoms with E-state index in [2.05, 4.69) is 5.32 Å². The Balaban J connectivity index is 2.28. The number of allylic oxidation sites excluding steroid dienone is 2. The minimum absolute atomic E-state index is 0.0469. The van der Waals surface area contributed by atoms with E-state index < -0.39 is 16.8 Å². The maximum absolute atomic E-state index is 11.9. The summed E-state index contributed by atoms with van der Waals surface area (Å²) in [7, 11) is 0. The van der Waals surface area contributed by atoms with Gasteiger partial charge in [-0.2, -0.15) is 0 Å². The number of dihydropyridines is 1. The highest BCUT2D eigenvalue weighted by molar-refractivity contribution is 7.11. The van der Waals surface area contributed by atoms with E-state index in [1.165, 1.54) is 11.3 Å². The lowest BCUT2D eigenvalue weighted by Crippen LogP contribution is -2.30. The number of nitro groups is 1. The van der Waals surface area contributed by atoms with Crippen molar-refractivity contribution >= 4 is 34.6 Å². The van der Waals surface area contributed by atoms with Crippen LogP contribution < -0.4 is 5.32 Å². The standard InChI is InChI=1S/C17H13ClN2O4S/c1-9-13(17(21)22)14(10-4-6-11(18)7-5-10)16(20(23)24)15(19-9)12-3-2-8-25-12/h2-8,14,19H,1H3,(H,21,22). The summed E-state index contributed by atoms with van der Waals surface area (Å²) in [6, 6.07) is 9.96. The monoisotopic (exact) mass is 376 g/mol. The molecule has 0 spiro atoms. The van der Waals surface area contributed by atoms with Gasteiger partial charge in [-0.15, -0.1) is 11.3 Å². The van der Waals surface area contributed by atoms with Crippen molar-refractivity contribution in [3.8, 4) is 0 Å². The predicted octanol–water partition coefficient (Wildman–Crippen LogP) is 4.09. The molecule has 0 amide bonds. The largest absolute Gasteiger partial charge is 0.478 e. The van der Waals surface area contributed by atoms with Crippen LogP contribution in [-0.4, -0.2) is 16.0 Å². The molecule has 2 aromatic rings. The van der Waals surface area contributed by atoms with Gasteiger partial charge in [-0.05, 0) is 36.1 Å². The second-order valence-electron chi connectivity index (χ2n) is 5.45. The van der Waals surface area contributed by atoms with Crippen LogP contribution >= 0.6 is 22.9 Å². The fourth-order valence-electron chi connectivity index (χ4n) is 2.89. The third kappa shape index (κ3) is 3.16. The number of nitrogens with zero attached hydrogens (tertiary/aromatic N) is 1. The van der Waals surface area contributed by atoms with E-state index in [1.54, 1.807) is 43.3 Å². The molecule has 25 heavy (non-hydrogen) atoms. The summed E-state index contributed by atoms with van der Waals surface area (Å²) in [6.45, 7) is 1.61. The lowest BCUT2D eigenvalue weighted by molar-refractivity contribution is -0.428. The van der Waals surface area contributed by atoms with Gasteiger partial charge >= 0.3 is 5.97 Å². The highest BCUT2D eigenvalue weighted by Gasteiger charge is 2.42. The van der Waals surface area contributed by atoms with Crippen molar-refractivity contribution in [2.45, 2.75) is 12.8 Å². The van der Waals surface area contributed by atoms with Crippen LogP contribution in [-0.2, 0) is 4.79 Å². The average molecular weight is 377 g/mol. The first-order chi connectivity index (χ1) is 11.9. The topological polar surface area (TPSA) is 92.5 Å². The Hall–Kier alpha value is -2.64. The Morgan fingerprint density at radius 3 is 2.52 bits per heavy atom. The number of nitrogens with one attached hydrogen (secondary N) is 1. The molecule has 1 atom stereocenters. The van der Waals surface area contributed by atoms with Crippen LogP contribution in [0, 0.1) is 10.1 Å². The van der Waals surface area contributed by atoms with Gasteiger partial charge in [0.15, 0.2) is 0 Å². The van der Waals surface area contributed by atoms with E-state index >= 15 is 0 Å². The summed E-state index contributed by atoms with van der Waals surface area (Å²) >= 11 is 7.25. The van der Waals surface area contributed by atoms with Gasteiger partial charge in [0.25, 0.3) is 5.70 Å². The van der Waals surface area contributed by atoms with Crippen LogP contribution in [0.1, 0.15) is 23.3 Å². The highest BCUT2D eigenvalue weighted by atomic mass is 35.5. The number of hydrogen-bond acceptors (Lipinski definition) is 5. The molecule has 3 rings (SSSR count). The minimum atomic E-state index is -1.20. The molecule has 1 aromatic carbocycles. The second kappa shape index (κ2) is 6.70. The molecule has 8 heteroatoms. The van der Waals surface area contributed by atoms with E-state index in [4.69, 9.17) is 11.6 Å². The molecule has 0 aliphatic carbocycles. The summed E-state index contributed by atoms with van der Waals surface area (Å²) in [6.07, 6.45) is 0. The number of carboxylic acid groups (broad SMARTS) is 1. The number of hydrogen-bond donors (Lipinski definition) is 2. The van der Waals surface area contributed by atoms with Gasteiger partial charge in [-0.1, -0.05) is 29.8 Å². The Morgan fingerprint density at radius 2 is 2.00 bits per heavy atom. The molecule has 128 valence electrons. The summed E-state index contributed by atoms with van der Waals surface area (Å²) in [5, 5.41) is 26.7. The first-order valence-corrected chi connectivity index (χ1v) is 8.55. The number of thiophene rings is 1. The molecule has 2 heterocycles. The Labute approximate surface area is 152 Å². The van der Waals surface area contributed by atoms with E-state index in [-0.39, 0.29) is 11.3 Å². The van der Waals surface area contributed by atoms with Crippen molar-refractivity contribution in [1.29, 1.82) is 0 Å². The van der Waals surface area contributed by atoms with Gasteiger partial charge in [-0.3, -0.25) is 10.1 Å². The highest BCUT2D eigenvalue weighted by Crippen LogP contribution is 2.41.